The molecule has 0 unspecified atom stereocenters. The molecule has 0 saturated carbocycles. The second-order valence-electron chi connectivity index (χ2n) is 3.50. The van der Waals surface area contributed by atoms with E-state index in [0.717, 1.165) is 11.2 Å². The third-order valence-electron chi connectivity index (χ3n) is 2.60. The summed E-state index contributed by atoms with van der Waals surface area (Å²) in [5.74, 6) is 0. The van der Waals surface area contributed by atoms with Crippen molar-refractivity contribution in [1.29, 1.82) is 0 Å². The molecule has 72 valence electrons. The Morgan fingerprint density at radius 1 is 1.20 bits per heavy atom. The van der Waals surface area contributed by atoms with E-state index in [0.29, 0.717) is 0 Å². The van der Waals surface area contributed by atoms with E-state index in [1.54, 1.807) is 6.20 Å². The summed E-state index contributed by atoms with van der Waals surface area (Å²) in [7, 11) is 0. The number of hydrogen-bond acceptors (Lipinski definition) is 1. The zero-order valence-corrected chi connectivity index (χ0v) is 8.22. The maximum atomic E-state index is 4.54. The summed E-state index contributed by atoms with van der Waals surface area (Å²) < 4.78 is 1.94. The molecular formula is C13H10N2. The molecule has 0 bridgehead atoms. The lowest BCUT2D eigenvalue weighted by Crippen LogP contribution is -1.88. The van der Waals surface area contributed by atoms with E-state index >= 15 is 0 Å². The highest BCUT2D eigenvalue weighted by Gasteiger charge is 2.10. The maximum absolute atomic E-state index is 4.54. The zero-order valence-electron chi connectivity index (χ0n) is 8.22. The van der Waals surface area contributed by atoms with Gasteiger partial charge < -0.3 is 4.57 Å². The van der Waals surface area contributed by atoms with Crippen LogP contribution in [0.25, 0.3) is 28.4 Å². The molecule has 2 nitrogen and oxygen atoms in total. The normalized spacial score (nSPS) is 10.9. The minimum Gasteiger partial charge on any atom is -0.330 e. The lowest BCUT2D eigenvalue weighted by atomic mass is 10.1. The lowest BCUT2D eigenvalue weighted by molar-refractivity contribution is 1.13. The van der Waals surface area contributed by atoms with Gasteiger partial charge in [0, 0.05) is 29.5 Å². The van der Waals surface area contributed by atoms with Crippen molar-refractivity contribution in [2.75, 3.05) is 0 Å². The predicted octanol–water partition coefficient (Wildman–Crippen LogP) is 3.24. The molecule has 0 N–H and O–H groups in total. The monoisotopic (exact) mass is 194 g/mol. The molecule has 3 rings (SSSR count). The largest absolute Gasteiger partial charge is 0.330 e. The molecule has 2 heteroatoms. The van der Waals surface area contributed by atoms with Gasteiger partial charge in [-0.15, -0.1) is 0 Å². The first-order chi connectivity index (χ1) is 7.38. The molecule has 0 aromatic heterocycles. The van der Waals surface area contributed by atoms with E-state index in [-0.39, 0.29) is 0 Å². The van der Waals surface area contributed by atoms with Gasteiger partial charge in [-0.3, -0.25) is 0 Å². The third-order valence-corrected chi connectivity index (χ3v) is 2.60. The Balaban J connectivity index is 2.46. The van der Waals surface area contributed by atoms with E-state index in [9.17, 15) is 0 Å². The van der Waals surface area contributed by atoms with Gasteiger partial charge in [0.15, 0.2) is 0 Å². The van der Waals surface area contributed by atoms with Crippen LogP contribution >= 0.6 is 0 Å². The van der Waals surface area contributed by atoms with Crippen LogP contribution in [-0.2, 0) is 0 Å². The predicted molar refractivity (Wildman–Crippen MR) is 62.7 cm³/mol. The van der Waals surface area contributed by atoms with Gasteiger partial charge in [0.25, 0.3) is 0 Å². The van der Waals surface area contributed by atoms with Crippen LogP contribution in [0.4, 0.5) is 0 Å². The molecule has 0 atom stereocenters. The van der Waals surface area contributed by atoms with Crippen molar-refractivity contribution < 1.29 is 0 Å². The van der Waals surface area contributed by atoms with E-state index in [1.807, 2.05) is 35.0 Å². The van der Waals surface area contributed by atoms with Gasteiger partial charge >= 0.3 is 0 Å². The summed E-state index contributed by atoms with van der Waals surface area (Å²) in [5.41, 5.74) is 3.26. The molecule has 2 aliphatic rings. The van der Waals surface area contributed by atoms with Crippen LogP contribution in [0.15, 0.2) is 49.3 Å². The topological polar surface area (TPSA) is 17.8 Å². The van der Waals surface area contributed by atoms with Crippen molar-refractivity contribution >= 4 is 17.1 Å². The summed E-state index contributed by atoms with van der Waals surface area (Å²) in [6, 6.07) is 10.2. The zero-order chi connectivity index (χ0) is 10.3. The Hall–Kier alpha value is -2.09. The Labute approximate surface area is 87.8 Å². The number of benzene rings is 1. The molecule has 0 aliphatic carbocycles. The molecule has 1 aromatic rings. The van der Waals surface area contributed by atoms with Crippen LogP contribution in [-0.4, -0.2) is 9.55 Å². The van der Waals surface area contributed by atoms with Crippen molar-refractivity contribution in [3.05, 3.63) is 49.3 Å². The van der Waals surface area contributed by atoms with Crippen LogP contribution in [0.2, 0.25) is 0 Å². The first-order valence-electron chi connectivity index (χ1n) is 4.87. The number of aromatic nitrogens is 2. The molecule has 0 saturated heterocycles. The van der Waals surface area contributed by atoms with Crippen molar-refractivity contribution in [1.82, 2.24) is 9.55 Å². The molecule has 15 heavy (non-hydrogen) atoms. The molecule has 0 amide bonds. The van der Waals surface area contributed by atoms with Gasteiger partial charge in [0.1, 0.15) is 0 Å². The van der Waals surface area contributed by atoms with Crippen LogP contribution in [0.1, 0.15) is 0 Å². The standard InChI is InChI=1S/C13H10N2/c1-2-15-8-7-13-11(9-15)10-5-3-4-6-12(10)14-13/h2-9H,1H2. The Morgan fingerprint density at radius 2 is 2.07 bits per heavy atom. The fourth-order valence-electron chi connectivity index (χ4n) is 1.85. The number of rotatable bonds is 1. The van der Waals surface area contributed by atoms with Gasteiger partial charge in [-0.05, 0) is 12.1 Å². The van der Waals surface area contributed by atoms with E-state index in [2.05, 4.69) is 23.8 Å². The third kappa shape index (κ3) is 1.15. The number of pyridine rings is 1. The van der Waals surface area contributed by atoms with Crippen molar-refractivity contribution in [3.8, 4) is 11.3 Å². The molecule has 0 fully saturated rings. The van der Waals surface area contributed by atoms with Gasteiger partial charge in [-0.1, -0.05) is 24.8 Å². The minimum atomic E-state index is 1.04. The number of hydrogen-bond donors (Lipinski definition) is 0. The highest BCUT2D eigenvalue weighted by Crippen LogP contribution is 2.30. The SMILES string of the molecule is C=Cn1ccc2nc3ccccc3c-2c1. The first kappa shape index (κ1) is 8.24. The molecule has 1 aromatic carbocycles. The highest BCUT2D eigenvalue weighted by atomic mass is 14.9. The summed E-state index contributed by atoms with van der Waals surface area (Å²) in [4.78, 5) is 4.54. The Morgan fingerprint density at radius 3 is 2.93 bits per heavy atom. The molecule has 0 spiro atoms. The summed E-state index contributed by atoms with van der Waals surface area (Å²) in [6.45, 7) is 3.74. The second kappa shape index (κ2) is 2.95. The van der Waals surface area contributed by atoms with E-state index in [4.69, 9.17) is 0 Å². The van der Waals surface area contributed by atoms with Gasteiger partial charge in [-0.2, -0.15) is 0 Å². The molecular weight excluding hydrogens is 184 g/mol. The van der Waals surface area contributed by atoms with Gasteiger partial charge in [-0.25, -0.2) is 4.98 Å². The van der Waals surface area contributed by atoms with Gasteiger partial charge in [0.2, 0.25) is 0 Å². The van der Waals surface area contributed by atoms with Crippen molar-refractivity contribution in [2.45, 2.75) is 0 Å². The van der Waals surface area contributed by atoms with Crippen molar-refractivity contribution in [3.63, 3.8) is 0 Å². The van der Waals surface area contributed by atoms with E-state index in [1.165, 1.54) is 10.9 Å². The molecule has 2 aliphatic heterocycles. The quantitative estimate of drug-likeness (QED) is 0.581. The summed E-state index contributed by atoms with van der Waals surface area (Å²) in [5, 5.41) is 1.20. The van der Waals surface area contributed by atoms with Crippen LogP contribution in [0, 0.1) is 0 Å². The average Bonchev–Trinajstić information content (AvgIpc) is 2.66. The van der Waals surface area contributed by atoms with Gasteiger partial charge in [0.05, 0.1) is 11.2 Å². The van der Waals surface area contributed by atoms with Crippen molar-refractivity contribution in [2.24, 2.45) is 0 Å². The fourth-order valence-corrected chi connectivity index (χ4v) is 1.85. The Kier molecular flexibility index (Phi) is 1.62. The average molecular weight is 194 g/mol. The molecule has 2 heterocycles. The van der Waals surface area contributed by atoms with Crippen LogP contribution in [0.5, 0.6) is 0 Å². The number of nitrogens with zero attached hydrogens (tertiary/aromatic N) is 2. The lowest BCUT2D eigenvalue weighted by Gasteiger charge is -2.02. The second-order valence-corrected chi connectivity index (χ2v) is 3.50. The first-order valence-corrected chi connectivity index (χ1v) is 4.87. The number of para-hydroxylation sites is 1. The summed E-state index contributed by atoms with van der Waals surface area (Å²) >= 11 is 0. The maximum Gasteiger partial charge on any atom is 0.0745 e. The van der Waals surface area contributed by atoms with E-state index < -0.39 is 0 Å². The summed E-state index contributed by atoms with van der Waals surface area (Å²) in [6.07, 6.45) is 5.79. The fraction of sp³-hybridized carbons (Fsp3) is 0. The Bertz CT molecular complexity index is 607. The molecule has 0 radical (unpaired) electrons. The van der Waals surface area contributed by atoms with Crippen LogP contribution < -0.4 is 0 Å². The minimum absolute atomic E-state index is 1.04. The number of fused-ring (bicyclic) bond motifs is 3. The van der Waals surface area contributed by atoms with Crippen LogP contribution in [0.3, 0.4) is 0 Å². The smallest absolute Gasteiger partial charge is 0.0745 e. The highest BCUT2D eigenvalue weighted by molar-refractivity contribution is 5.96.